The molecule has 0 N–H and O–H groups in total. The van der Waals surface area contributed by atoms with Crippen molar-refractivity contribution in [3.8, 4) is 0 Å². The first-order valence-electron chi connectivity index (χ1n) is 7.49. The maximum Gasteiger partial charge on any atom is 0.338 e. The molecule has 6 heteroatoms. The minimum Gasteiger partial charge on any atom is -0.452 e. The summed E-state index contributed by atoms with van der Waals surface area (Å²) in [5.41, 5.74) is 2.21. The average Bonchev–Trinajstić information content (AvgIpc) is 2.87. The van der Waals surface area contributed by atoms with Crippen LogP contribution in [0.5, 0.6) is 0 Å². The number of hydrogen-bond acceptors (Lipinski definition) is 3. The van der Waals surface area contributed by atoms with Crippen LogP contribution in [-0.4, -0.2) is 24.5 Å². The molecule has 1 amide bonds. The van der Waals surface area contributed by atoms with E-state index in [2.05, 4.69) is 0 Å². The van der Waals surface area contributed by atoms with Gasteiger partial charge in [-0.05, 0) is 43.2 Å². The van der Waals surface area contributed by atoms with Gasteiger partial charge in [-0.2, -0.15) is 0 Å². The van der Waals surface area contributed by atoms with E-state index in [-0.39, 0.29) is 24.1 Å². The second-order valence-corrected chi connectivity index (χ2v) is 6.55. The molecule has 4 nitrogen and oxygen atoms in total. The highest BCUT2D eigenvalue weighted by atomic mass is 35.5. The fourth-order valence-electron chi connectivity index (χ4n) is 2.90. The Bertz CT molecular complexity index is 786. The van der Waals surface area contributed by atoms with Crippen molar-refractivity contribution in [2.45, 2.75) is 19.4 Å². The van der Waals surface area contributed by atoms with Gasteiger partial charge in [0, 0.05) is 21.8 Å². The van der Waals surface area contributed by atoms with E-state index in [1.807, 2.05) is 31.2 Å². The van der Waals surface area contributed by atoms with E-state index >= 15 is 0 Å². The van der Waals surface area contributed by atoms with Crippen LogP contribution in [0.4, 0.5) is 5.69 Å². The van der Waals surface area contributed by atoms with Crippen LogP contribution in [0.15, 0.2) is 42.5 Å². The second kappa shape index (κ2) is 6.83. The number of para-hydroxylation sites is 1. The van der Waals surface area contributed by atoms with Crippen molar-refractivity contribution in [3.05, 3.63) is 63.6 Å². The van der Waals surface area contributed by atoms with E-state index in [4.69, 9.17) is 27.9 Å². The van der Waals surface area contributed by atoms with E-state index in [1.54, 1.807) is 4.90 Å². The van der Waals surface area contributed by atoms with Crippen molar-refractivity contribution >= 4 is 40.8 Å². The first-order valence-corrected chi connectivity index (χ1v) is 8.24. The van der Waals surface area contributed by atoms with Crippen LogP contribution < -0.4 is 4.90 Å². The number of fused-ring (bicyclic) bond motifs is 1. The minimum atomic E-state index is -0.632. The van der Waals surface area contributed by atoms with Crippen molar-refractivity contribution in [1.82, 2.24) is 0 Å². The van der Waals surface area contributed by atoms with Crippen LogP contribution in [0.2, 0.25) is 10.0 Å². The third-order valence-electron chi connectivity index (χ3n) is 3.90. The van der Waals surface area contributed by atoms with Crippen LogP contribution in [0.25, 0.3) is 0 Å². The molecule has 0 aliphatic carbocycles. The van der Waals surface area contributed by atoms with E-state index in [9.17, 15) is 9.59 Å². The first kappa shape index (κ1) is 16.8. The molecule has 0 bridgehead atoms. The highest BCUT2D eigenvalue weighted by Crippen LogP contribution is 2.31. The zero-order valence-electron chi connectivity index (χ0n) is 13.0. The molecule has 1 atom stereocenters. The Morgan fingerprint density at radius 3 is 2.54 bits per heavy atom. The molecule has 2 aromatic rings. The summed E-state index contributed by atoms with van der Waals surface area (Å²) in [6.07, 6.45) is 0.791. The van der Waals surface area contributed by atoms with Crippen molar-refractivity contribution in [2.24, 2.45) is 0 Å². The summed E-state index contributed by atoms with van der Waals surface area (Å²) in [7, 11) is 0. The number of rotatable bonds is 3. The summed E-state index contributed by atoms with van der Waals surface area (Å²) in [5, 5.41) is 0.672. The summed E-state index contributed by atoms with van der Waals surface area (Å²) >= 11 is 11.7. The number of hydrogen-bond donors (Lipinski definition) is 0. The number of benzene rings is 2. The summed E-state index contributed by atoms with van der Waals surface area (Å²) in [5.74, 6) is -0.887. The molecule has 0 spiro atoms. The number of anilines is 1. The molecule has 0 saturated carbocycles. The number of ether oxygens (including phenoxy) is 1. The smallest absolute Gasteiger partial charge is 0.338 e. The molecule has 0 aromatic heterocycles. The lowest BCUT2D eigenvalue weighted by Gasteiger charge is -2.22. The fraction of sp³-hybridized carbons (Fsp3) is 0.222. The van der Waals surface area contributed by atoms with Gasteiger partial charge in [0.05, 0.1) is 5.56 Å². The van der Waals surface area contributed by atoms with E-state index in [1.165, 1.54) is 18.2 Å². The van der Waals surface area contributed by atoms with Gasteiger partial charge in [-0.3, -0.25) is 4.79 Å². The van der Waals surface area contributed by atoms with Crippen molar-refractivity contribution in [3.63, 3.8) is 0 Å². The van der Waals surface area contributed by atoms with E-state index in [0.29, 0.717) is 10.0 Å². The largest absolute Gasteiger partial charge is 0.452 e. The monoisotopic (exact) mass is 363 g/mol. The van der Waals surface area contributed by atoms with Gasteiger partial charge in [-0.25, -0.2) is 4.79 Å². The predicted octanol–water partition coefficient (Wildman–Crippen LogP) is 4.13. The highest BCUT2D eigenvalue weighted by Gasteiger charge is 2.31. The lowest BCUT2D eigenvalue weighted by molar-refractivity contribution is -0.122. The van der Waals surface area contributed by atoms with Crippen LogP contribution in [-0.2, 0) is 16.0 Å². The van der Waals surface area contributed by atoms with E-state index in [0.717, 1.165) is 17.7 Å². The molecule has 0 saturated heterocycles. The predicted molar refractivity (Wildman–Crippen MR) is 93.8 cm³/mol. The molecule has 1 aliphatic rings. The number of esters is 1. The number of halogens is 2. The van der Waals surface area contributed by atoms with Gasteiger partial charge in [0.1, 0.15) is 0 Å². The van der Waals surface area contributed by atoms with Gasteiger partial charge in [0.25, 0.3) is 5.91 Å². The maximum atomic E-state index is 12.5. The molecular formula is C18H15Cl2NO3. The minimum absolute atomic E-state index is 0.0363. The molecule has 124 valence electrons. The van der Waals surface area contributed by atoms with Gasteiger partial charge < -0.3 is 9.64 Å². The Morgan fingerprint density at radius 2 is 1.83 bits per heavy atom. The molecule has 1 heterocycles. The molecule has 3 rings (SSSR count). The molecular weight excluding hydrogens is 349 g/mol. The summed E-state index contributed by atoms with van der Waals surface area (Å²) < 4.78 is 5.13. The van der Waals surface area contributed by atoms with Gasteiger partial charge in [-0.15, -0.1) is 0 Å². The Labute approximate surface area is 149 Å². The molecule has 0 fully saturated rings. The lowest BCUT2D eigenvalue weighted by atomic mass is 10.1. The summed E-state index contributed by atoms with van der Waals surface area (Å²) in [6, 6.07) is 12.2. The topological polar surface area (TPSA) is 46.6 Å². The second-order valence-electron chi connectivity index (χ2n) is 5.68. The van der Waals surface area contributed by atoms with E-state index < -0.39 is 5.97 Å². The Balaban J connectivity index is 1.68. The number of amides is 1. The number of nitrogens with zero attached hydrogens (tertiary/aromatic N) is 1. The Morgan fingerprint density at radius 1 is 1.17 bits per heavy atom. The third-order valence-corrected chi connectivity index (χ3v) is 4.34. The Kier molecular flexibility index (Phi) is 4.78. The fourth-order valence-corrected chi connectivity index (χ4v) is 3.42. The Hall–Kier alpha value is -2.04. The summed E-state index contributed by atoms with van der Waals surface area (Å²) in [4.78, 5) is 26.2. The lowest BCUT2D eigenvalue weighted by Crippen LogP contribution is -2.38. The normalized spacial score (nSPS) is 16.0. The quantitative estimate of drug-likeness (QED) is 0.770. The van der Waals surface area contributed by atoms with Gasteiger partial charge in [0.2, 0.25) is 0 Å². The van der Waals surface area contributed by atoms with Gasteiger partial charge in [-0.1, -0.05) is 41.4 Å². The summed E-state index contributed by atoms with van der Waals surface area (Å²) in [6.45, 7) is 1.64. The SMILES string of the molecule is C[C@H]1Cc2ccccc2N1C(=O)COC(=O)c1cc(Cl)cc(Cl)c1. The number of carbonyl (C=O) groups excluding carboxylic acids is 2. The average molecular weight is 364 g/mol. The maximum absolute atomic E-state index is 12.5. The highest BCUT2D eigenvalue weighted by molar-refractivity contribution is 6.35. The molecule has 0 unspecified atom stereocenters. The molecule has 2 aromatic carbocycles. The van der Waals surface area contributed by atoms with Crippen molar-refractivity contribution in [1.29, 1.82) is 0 Å². The molecule has 0 radical (unpaired) electrons. The van der Waals surface area contributed by atoms with Crippen LogP contribution in [0.3, 0.4) is 0 Å². The van der Waals surface area contributed by atoms with Gasteiger partial charge >= 0.3 is 5.97 Å². The zero-order chi connectivity index (χ0) is 17.3. The molecule has 1 aliphatic heterocycles. The zero-order valence-corrected chi connectivity index (χ0v) is 14.5. The van der Waals surface area contributed by atoms with Gasteiger partial charge in [0.15, 0.2) is 6.61 Å². The number of carbonyl (C=O) groups is 2. The third kappa shape index (κ3) is 3.40. The van der Waals surface area contributed by atoms with Crippen molar-refractivity contribution < 1.29 is 14.3 Å². The molecule has 24 heavy (non-hydrogen) atoms. The van der Waals surface area contributed by atoms with Crippen molar-refractivity contribution in [2.75, 3.05) is 11.5 Å². The van der Waals surface area contributed by atoms with Crippen LogP contribution >= 0.6 is 23.2 Å². The van der Waals surface area contributed by atoms with Crippen LogP contribution in [0.1, 0.15) is 22.8 Å². The first-order chi connectivity index (χ1) is 11.5. The van der Waals surface area contributed by atoms with Crippen LogP contribution in [0, 0.1) is 0 Å². The standard InChI is InChI=1S/C18H15Cl2NO3/c1-11-6-12-4-2-3-5-16(12)21(11)17(22)10-24-18(23)13-7-14(19)9-15(20)8-13/h2-5,7-9,11H,6,10H2,1H3/t11-/m0/s1.